The third-order valence-corrected chi connectivity index (χ3v) is 3.56. The summed E-state index contributed by atoms with van der Waals surface area (Å²) < 4.78 is 0.873. The van der Waals surface area contributed by atoms with E-state index in [2.05, 4.69) is 36.4 Å². The van der Waals surface area contributed by atoms with Gasteiger partial charge in [-0.25, -0.2) is 4.98 Å². The van der Waals surface area contributed by atoms with E-state index in [1.807, 2.05) is 13.0 Å². The van der Waals surface area contributed by atoms with Crippen molar-refractivity contribution in [2.24, 2.45) is 0 Å². The molecule has 0 aliphatic rings. The monoisotopic (exact) mass is 346 g/mol. The van der Waals surface area contributed by atoms with Gasteiger partial charge in [-0.1, -0.05) is 6.07 Å². The van der Waals surface area contributed by atoms with Crippen LogP contribution in [-0.2, 0) is 0 Å². The minimum Gasteiger partial charge on any atom is -0.339 e. The van der Waals surface area contributed by atoms with E-state index >= 15 is 0 Å². The number of anilines is 2. The SMILES string of the molecule is Cc1cc(Br)cnc1Nc1cccc2c(=O)[nH][nH]c(=O)c12. The van der Waals surface area contributed by atoms with Gasteiger partial charge in [0.05, 0.1) is 16.5 Å². The number of H-pyrrole nitrogens is 2. The quantitative estimate of drug-likeness (QED) is 0.664. The Morgan fingerprint density at radius 2 is 1.95 bits per heavy atom. The second-order valence-corrected chi connectivity index (χ2v) is 5.50. The van der Waals surface area contributed by atoms with Crippen LogP contribution in [0.15, 0.2) is 44.5 Å². The van der Waals surface area contributed by atoms with E-state index in [1.165, 1.54) is 0 Å². The fraction of sp³-hybridized carbons (Fsp3) is 0.0714. The molecule has 0 spiro atoms. The highest BCUT2D eigenvalue weighted by atomic mass is 79.9. The van der Waals surface area contributed by atoms with Crippen molar-refractivity contribution in [2.45, 2.75) is 6.92 Å². The molecule has 3 rings (SSSR count). The second-order valence-electron chi connectivity index (χ2n) is 4.58. The van der Waals surface area contributed by atoms with Gasteiger partial charge in [0.25, 0.3) is 11.1 Å². The van der Waals surface area contributed by atoms with Crippen molar-refractivity contribution in [3.63, 3.8) is 0 Å². The molecule has 0 saturated heterocycles. The fourth-order valence-corrected chi connectivity index (χ4v) is 2.58. The van der Waals surface area contributed by atoms with Gasteiger partial charge in [0.1, 0.15) is 5.82 Å². The number of nitrogens with zero attached hydrogens (tertiary/aromatic N) is 1. The fourth-order valence-electron chi connectivity index (χ4n) is 2.13. The van der Waals surface area contributed by atoms with Crippen molar-refractivity contribution in [1.82, 2.24) is 15.2 Å². The number of nitrogens with one attached hydrogen (secondary N) is 3. The Morgan fingerprint density at radius 1 is 1.19 bits per heavy atom. The third kappa shape index (κ3) is 2.47. The van der Waals surface area contributed by atoms with Crippen molar-refractivity contribution in [1.29, 1.82) is 0 Å². The van der Waals surface area contributed by atoms with E-state index in [-0.39, 0.29) is 11.1 Å². The smallest absolute Gasteiger partial charge is 0.272 e. The lowest BCUT2D eigenvalue weighted by atomic mass is 10.1. The van der Waals surface area contributed by atoms with E-state index < -0.39 is 0 Å². The molecule has 2 heterocycles. The Hall–Kier alpha value is -2.41. The van der Waals surface area contributed by atoms with Gasteiger partial charge in [-0.3, -0.25) is 19.8 Å². The standard InChI is InChI=1S/C14H11BrN4O2/c1-7-5-8(15)6-16-12(7)17-10-4-2-3-9-11(10)14(21)19-18-13(9)20/h2-6H,1H3,(H,16,17)(H,18,20)(H,19,21). The van der Waals surface area contributed by atoms with Gasteiger partial charge in [0.15, 0.2) is 0 Å². The molecule has 0 aliphatic heterocycles. The van der Waals surface area contributed by atoms with Gasteiger partial charge < -0.3 is 5.32 Å². The molecule has 0 unspecified atom stereocenters. The molecule has 3 aromatic rings. The van der Waals surface area contributed by atoms with Crippen LogP contribution in [0.25, 0.3) is 10.8 Å². The van der Waals surface area contributed by atoms with Crippen LogP contribution in [0.2, 0.25) is 0 Å². The Balaban J connectivity index is 2.20. The molecule has 2 aromatic heterocycles. The summed E-state index contributed by atoms with van der Waals surface area (Å²) in [4.78, 5) is 28.0. The van der Waals surface area contributed by atoms with Gasteiger partial charge in [0.2, 0.25) is 0 Å². The maximum Gasteiger partial charge on any atom is 0.272 e. The molecule has 0 amide bonds. The topological polar surface area (TPSA) is 90.6 Å². The summed E-state index contributed by atoms with van der Waals surface area (Å²) in [6.45, 7) is 1.91. The van der Waals surface area contributed by atoms with Crippen molar-refractivity contribution in [3.05, 3.63) is 61.2 Å². The lowest BCUT2D eigenvalue weighted by Crippen LogP contribution is -2.19. The number of aromatic amines is 2. The van der Waals surface area contributed by atoms with E-state index in [1.54, 1.807) is 24.4 Å². The van der Waals surface area contributed by atoms with Crippen LogP contribution in [0, 0.1) is 6.92 Å². The van der Waals surface area contributed by atoms with Crippen molar-refractivity contribution < 1.29 is 0 Å². The molecule has 7 heteroatoms. The van der Waals surface area contributed by atoms with Crippen LogP contribution in [0.5, 0.6) is 0 Å². The Bertz CT molecular complexity index is 946. The summed E-state index contributed by atoms with van der Waals surface area (Å²) in [5.41, 5.74) is 0.761. The van der Waals surface area contributed by atoms with Gasteiger partial charge in [-0.05, 0) is 46.6 Å². The highest BCUT2D eigenvalue weighted by Gasteiger charge is 2.10. The molecule has 6 nitrogen and oxygen atoms in total. The first-order valence-corrected chi connectivity index (χ1v) is 6.98. The number of halogens is 1. The summed E-state index contributed by atoms with van der Waals surface area (Å²) >= 11 is 3.35. The number of pyridine rings is 1. The number of aryl methyl sites for hydroxylation is 1. The van der Waals surface area contributed by atoms with Crippen LogP contribution in [0.3, 0.4) is 0 Å². The molecule has 0 saturated carbocycles. The van der Waals surface area contributed by atoms with E-state index in [0.29, 0.717) is 22.3 Å². The lowest BCUT2D eigenvalue weighted by molar-refractivity contribution is 0.977. The first-order valence-electron chi connectivity index (χ1n) is 6.19. The van der Waals surface area contributed by atoms with Gasteiger partial charge in [-0.15, -0.1) is 0 Å². The molecule has 0 radical (unpaired) electrons. The Morgan fingerprint density at radius 3 is 2.71 bits per heavy atom. The molecule has 0 aliphatic carbocycles. The van der Waals surface area contributed by atoms with Gasteiger partial charge >= 0.3 is 0 Å². The predicted molar refractivity (Wildman–Crippen MR) is 85.1 cm³/mol. The average Bonchev–Trinajstić information content (AvgIpc) is 2.46. The summed E-state index contributed by atoms with van der Waals surface area (Å²) in [6.07, 6.45) is 1.66. The number of benzene rings is 1. The summed E-state index contributed by atoms with van der Waals surface area (Å²) in [5, 5.41) is 8.39. The van der Waals surface area contributed by atoms with Crippen molar-refractivity contribution >= 4 is 38.2 Å². The molecule has 0 atom stereocenters. The van der Waals surface area contributed by atoms with Crippen LogP contribution in [-0.4, -0.2) is 15.2 Å². The van der Waals surface area contributed by atoms with Crippen LogP contribution < -0.4 is 16.4 Å². The average molecular weight is 347 g/mol. The van der Waals surface area contributed by atoms with Gasteiger partial charge in [-0.2, -0.15) is 0 Å². The second kappa shape index (κ2) is 5.17. The first kappa shape index (κ1) is 13.6. The molecule has 1 aromatic carbocycles. The maximum absolute atomic E-state index is 12.0. The number of aromatic nitrogens is 3. The number of fused-ring (bicyclic) bond motifs is 1. The van der Waals surface area contributed by atoms with Gasteiger partial charge in [0, 0.05) is 10.7 Å². The highest BCUT2D eigenvalue weighted by Crippen LogP contribution is 2.24. The molecule has 3 N–H and O–H groups in total. The number of hydrogen-bond acceptors (Lipinski definition) is 4. The van der Waals surface area contributed by atoms with Crippen LogP contribution in [0.4, 0.5) is 11.5 Å². The van der Waals surface area contributed by atoms with Crippen LogP contribution in [0.1, 0.15) is 5.56 Å². The van der Waals surface area contributed by atoms with E-state index in [9.17, 15) is 9.59 Å². The van der Waals surface area contributed by atoms with E-state index in [0.717, 1.165) is 10.0 Å². The normalized spacial score (nSPS) is 10.8. The summed E-state index contributed by atoms with van der Waals surface area (Å²) in [7, 11) is 0. The minimum atomic E-state index is -0.359. The molecular weight excluding hydrogens is 336 g/mol. The number of hydrogen-bond donors (Lipinski definition) is 3. The maximum atomic E-state index is 12.0. The summed E-state index contributed by atoms with van der Waals surface area (Å²) in [6, 6.07) is 6.97. The molecular formula is C14H11BrN4O2. The van der Waals surface area contributed by atoms with E-state index in [4.69, 9.17) is 0 Å². The van der Waals surface area contributed by atoms with Crippen molar-refractivity contribution in [3.8, 4) is 0 Å². The molecule has 106 valence electrons. The summed E-state index contributed by atoms with van der Waals surface area (Å²) in [5.74, 6) is 0.630. The lowest BCUT2D eigenvalue weighted by Gasteiger charge is -2.10. The molecule has 0 bridgehead atoms. The molecule has 0 fully saturated rings. The zero-order valence-electron chi connectivity index (χ0n) is 11.0. The third-order valence-electron chi connectivity index (χ3n) is 3.12. The zero-order chi connectivity index (χ0) is 15.0. The zero-order valence-corrected chi connectivity index (χ0v) is 12.6. The highest BCUT2D eigenvalue weighted by molar-refractivity contribution is 9.10. The minimum absolute atomic E-state index is 0.311. The first-order chi connectivity index (χ1) is 10.1. The Kier molecular flexibility index (Phi) is 3.34. The predicted octanol–water partition coefficient (Wildman–Crippen LogP) is 2.43. The van der Waals surface area contributed by atoms with Crippen LogP contribution >= 0.6 is 15.9 Å². The largest absolute Gasteiger partial charge is 0.339 e. The van der Waals surface area contributed by atoms with Crippen molar-refractivity contribution in [2.75, 3.05) is 5.32 Å². The molecule has 21 heavy (non-hydrogen) atoms. The Labute approximate surface area is 127 Å². The number of rotatable bonds is 2.